The molecule has 3 aromatic rings. The van der Waals surface area contributed by atoms with Crippen molar-refractivity contribution in [3.63, 3.8) is 0 Å². The highest BCUT2D eigenvalue weighted by Gasteiger charge is 2.25. The third-order valence-electron chi connectivity index (χ3n) is 3.70. The Morgan fingerprint density at radius 3 is 2.80 bits per heavy atom. The number of nitrogens with one attached hydrogen (secondary N) is 1. The van der Waals surface area contributed by atoms with Gasteiger partial charge in [0.15, 0.2) is 5.82 Å². The molecule has 1 unspecified atom stereocenters. The highest BCUT2D eigenvalue weighted by Crippen LogP contribution is 2.32. The molecule has 25 heavy (non-hydrogen) atoms. The van der Waals surface area contributed by atoms with Crippen molar-refractivity contribution in [2.45, 2.75) is 10.5 Å². The molecule has 0 radical (unpaired) electrons. The fourth-order valence-corrected chi connectivity index (χ4v) is 3.40. The molecule has 8 heteroatoms. The number of nitro groups is 1. The molecule has 4 rings (SSSR count). The van der Waals surface area contributed by atoms with E-state index in [2.05, 4.69) is 15.6 Å². The van der Waals surface area contributed by atoms with Crippen LogP contribution in [0.2, 0.25) is 0 Å². The maximum atomic E-state index is 11.0. The number of thioether (sulfide) groups is 1. The highest BCUT2D eigenvalue weighted by atomic mass is 32.2. The molecular weight excluding hydrogens is 338 g/mol. The summed E-state index contributed by atoms with van der Waals surface area (Å²) >= 11 is 1.54. The van der Waals surface area contributed by atoms with Crippen molar-refractivity contribution in [2.24, 2.45) is 0 Å². The number of fused-ring (bicyclic) bond motifs is 1. The van der Waals surface area contributed by atoms with E-state index in [0.717, 1.165) is 10.7 Å². The Hall–Kier alpha value is -3.13. The Morgan fingerprint density at radius 1 is 1.16 bits per heavy atom. The summed E-state index contributed by atoms with van der Waals surface area (Å²) in [5, 5.41) is 20.0. The first kappa shape index (κ1) is 15.4. The number of non-ortho nitro benzene ring substituents is 1. The number of rotatable bonds is 4. The highest BCUT2D eigenvalue weighted by molar-refractivity contribution is 8.00. The van der Waals surface area contributed by atoms with E-state index in [1.165, 1.54) is 23.9 Å². The van der Waals surface area contributed by atoms with Gasteiger partial charge >= 0.3 is 0 Å². The topological polar surface area (TPSA) is 85.9 Å². The van der Waals surface area contributed by atoms with Gasteiger partial charge in [-0.3, -0.25) is 10.1 Å². The van der Waals surface area contributed by atoms with Gasteiger partial charge in [-0.2, -0.15) is 0 Å². The van der Waals surface area contributed by atoms with Crippen LogP contribution < -0.4 is 5.43 Å². The zero-order valence-electron chi connectivity index (χ0n) is 12.9. The first-order valence-corrected chi connectivity index (χ1v) is 8.45. The molecule has 0 aliphatic carbocycles. The second-order valence-corrected chi connectivity index (χ2v) is 6.50. The predicted octanol–water partition coefficient (Wildman–Crippen LogP) is 3.54. The van der Waals surface area contributed by atoms with E-state index in [1.807, 2.05) is 42.5 Å². The molecular formula is C17H13N5O2S. The molecule has 1 atom stereocenters. The van der Waals surface area contributed by atoms with Crippen LogP contribution in [0.5, 0.6) is 0 Å². The average molecular weight is 351 g/mol. The van der Waals surface area contributed by atoms with Crippen molar-refractivity contribution in [3.05, 3.63) is 76.4 Å². The first-order valence-electron chi connectivity index (χ1n) is 7.57. The van der Waals surface area contributed by atoms with Crippen LogP contribution in [0.1, 0.15) is 5.56 Å². The quantitative estimate of drug-likeness (QED) is 0.571. The average Bonchev–Trinajstić information content (AvgIpc) is 3.21. The summed E-state index contributed by atoms with van der Waals surface area (Å²) < 4.78 is 1.77. The molecule has 1 aliphatic rings. The molecule has 0 saturated carbocycles. The minimum Gasteiger partial charge on any atom is -0.304 e. The number of hydrogen-bond acceptors (Lipinski definition) is 6. The number of hydrogen-bond donors (Lipinski definition) is 1. The van der Waals surface area contributed by atoms with E-state index in [1.54, 1.807) is 16.8 Å². The van der Waals surface area contributed by atoms with E-state index in [-0.39, 0.29) is 11.1 Å². The van der Waals surface area contributed by atoms with Crippen LogP contribution >= 0.6 is 11.8 Å². The van der Waals surface area contributed by atoms with Crippen molar-refractivity contribution in [1.82, 2.24) is 14.9 Å². The number of nitrogens with zero attached hydrogens (tertiary/aromatic N) is 4. The van der Waals surface area contributed by atoms with Gasteiger partial charge in [-0.15, -0.1) is 10.2 Å². The van der Waals surface area contributed by atoms with Gasteiger partial charge in [0, 0.05) is 17.7 Å². The second kappa shape index (κ2) is 6.40. The smallest absolute Gasteiger partial charge is 0.270 e. The van der Waals surface area contributed by atoms with Crippen molar-refractivity contribution in [1.29, 1.82) is 0 Å². The van der Waals surface area contributed by atoms with Crippen LogP contribution in [0.15, 0.2) is 65.8 Å². The van der Waals surface area contributed by atoms with Gasteiger partial charge in [-0.25, -0.2) is 4.68 Å². The van der Waals surface area contributed by atoms with Crippen molar-refractivity contribution in [2.75, 3.05) is 5.43 Å². The monoisotopic (exact) mass is 351 g/mol. The van der Waals surface area contributed by atoms with Crippen LogP contribution in [0.4, 0.5) is 5.69 Å². The van der Waals surface area contributed by atoms with Crippen molar-refractivity contribution >= 4 is 23.5 Å². The third-order valence-corrected chi connectivity index (χ3v) is 4.69. The molecule has 1 N–H and O–H groups in total. The normalized spacial score (nSPS) is 15.9. The SMILES string of the molecule is O=[N+]([O-])c1cccc(-c2nnc3n2NC(C=Cc2ccccc2)S3)c1. The fraction of sp³-hybridized carbons (Fsp3) is 0.0588. The van der Waals surface area contributed by atoms with Crippen LogP contribution in [0, 0.1) is 10.1 Å². The number of nitro benzene ring substituents is 1. The van der Waals surface area contributed by atoms with Gasteiger partial charge < -0.3 is 5.43 Å². The molecule has 0 amide bonds. The summed E-state index contributed by atoms with van der Waals surface area (Å²) in [6, 6.07) is 16.4. The van der Waals surface area contributed by atoms with Gasteiger partial charge in [0.1, 0.15) is 5.37 Å². The Balaban J connectivity index is 1.57. The summed E-state index contributed by atoms with van der Waals surface area (Å²) in [7, 11) is 0. The van der Waals surface area contributed by atoms with Crippen molar-refractivity contribution < 1.29 is 4.92 Å². The van der Waals surface area contributed by atoms with Crippen molar-refractivity contribution in [3.8, 4) is 11.4 Å². The Morgan fingerprint density at radius 2 is 2.00 bits per heavy atom. The lowest BCUT2D eigenvalue weighted by atomic mass is 10.2. The van der Waals surface area contributed by atoms with E-state index >= 15 is 0 Å². The predicted molar refractivity (Wildman–Crippen MR) is 96.6 cm³/mol. The van der Waals surface area contributed by atoms with E-state index in [0.29, 0.717) is 11.4 Å². The maximum absolute atomic E-state index is 11.0. The minimum absolute atomic E-state index is 0.0168. The van der Waals surface area contributed by atoms with E-state index in [4.69, 9.17) is 0 Å². The largest absolute Gasteiger partial charge is 0.304 e. The van der Waals surface area contributed by atoms with Crippen LogP contribution in [0.25, 0.3) is 17.5 Å². The molecule has 1 aromatic heterocycles. The molecule has 0 spiro atoms. The molecule has 0 bridgehead atoms. The molecule has 124 valence electrons. The summed E-state index contributed by atoms with van der Waals surface area (Å²) in [5.41, 5.74) is 5.09. The molecule has 2 heterocycles. The number of aromatic nitrogens is 3. The lowest BCUT2D eigenvalue weighted by Gasteiger charge is -2.08. The van der Waals surface area contributed by atoms with Crippen LogP contribution in [-0.4, -0.2) is 25.2 Å². The van der Waals surface area contributed by atoms with Gasteiger partial charge in [-0.05, 0) is 11.6 Å². The van der Waals surface area contributed by atoms with Gasteiger partial charge in [0.05, 0.1) is 4.92 Å². The Bertz CT molecular complexity index is 955. The molecule has 2 aromatic carbocycles. The molecule has 0 fully saturated rings. The fourth-order valence-electron chi connectivity index (χ4n) is 2.52. The summed E-state index contributed by atoms with van der Waals surface area (Å²) in [5.74, 6) is 0.557. The first-order chi connectivity index (χ1) is 12.2. The lowest BCUT2D eigenvalue weighted by Crippen LogP contribution is -2.17. The van der Waals surface area contributed by atoms with Gasteiger partial charge in [0.2, 0.25) is 5.16 Å². The summed E-state index contributed by atoms with van der Waals surface area (Å²) in [4.78, 5) is 10.5. The summed E-state index contributed by atoms with van der Waals surface area (Å²) in [6.07, 6.45) is 4.09. The molecule has 0 saturated heterocycles. The number of benzene rings is 2. The van der Waals surface area contributed by atoms with E-state index in [9.17, 15) is 10.1 Å². The Kier molecular flexibility index (Phi) is 3.95. The maximum Gasteiger partial charge on any atom is 0.270 e. The lowest BCUT2D eigenvalue weighted by molar-refractivity contribution is -0.384. The standard InChI is InChI=1S/C17H13N5O2S/c23-22(24)14-8-4-7-13(11-14)16-18-19-17-21(16)20-15(25-17)10-9-12-5-2-1-3-6-12/h1-11,15,20H. The molecule has 7 nitrogen and oxygen atoms in total. The Labute approximate surface area is 147 Å². The van der Waals surface area contributed by atoms with Crippen LogP contribution in [-0.2, 0) is 0 Å². The zero-order valence-corrected chi connectivity index (χ0v) is 13.8. The minimum atomic E-state index is -0.418. The third kappa shape index (κ3) is 3.11. The zero-order chi connectivity index (χ0) is 17.2. The van der Waals surface area contributed by atoms with Gasteiger partial charge in [-0.1, -0.05) is 60.3 Å². The second-order valence-electron chi connectivity index (χ2n) is 5.39. The summed E-state index contributed by atoms with van der Waals surface area (Å²) in [6.45, 7) is 0. The van der Waals surface area contributed by atoms with Gasteiger partial charge in [0.25, 0.3) is 5.69 Å². The van der Waals surface area contributed by atoms with Crippen LogP contribution in [0.3, 0.4) is 0 Å². The molecule has 1 aliphatic heterocycles. The van der Waals surface area contributed by atoms with E-state index < -0.39 is 4.92 Å².